The molecule has 8 heteroatoms. The van der Waals surface area contributed by atoms with Crippen LogP contribution in [0.15, 0.2) is 95.4 Å². The van der Waals surface area contributed by atoms with Crippen LogP contribution < -0.4 is 15.4 Å². The van der Waals surface area contributed by atoms with Crippen molar-refractivity contribution in [3.05, 3.63) is 113 Å². The van der Waals surface area contributed by atoms with Crippen LogP contribution in [0, 0.1) is 18.3 Å². The van der Waals surface area contributed by atoms with Crippen molar-refractivity contribution in [3.63, 3.8) is 0 Å². The normalized spacial score (nSPS) is 10.7. The highest BCUT2D eigenvalue weighted by Crippen LogP contribution is 2.32. The fraction of sp³-hybridized carbons (Fsp3) is 0.156. The first-order valence-corrected chi connectivity index (χ1v) is 13.0. The number of nitrogens with one attached hydrogen (secondary N) is 2. The molecule has 40 heavy (non-hydrogen) atoms. The van der Waals surface area contributed by atoms with Gasteiger partial charge in [-0.1, -0.05) is 59.7 Å². The van der Waals surface area contributed by atoms with E-state index in [1.807, 2.05) is 67.6 Å². The lowest BCUT2D eigenvalue weighted by Crippen LogP contribution is -2.17. The second-order valence-electron chi connectivity index (χ2n) is 9.25. The van der Waals surface area contributed by atoms with Crippen molar-refractivity contribution in [2.45, 2.75) is 20.1 Å². The Morgan fingerprint density at radius 2 is 1.73 bits per heavy atom. The summed E-state index contributed by atoms with van der Waals surface area (Å²) in [5, 5.41) is 33.2. The smallest absolute Gasteiger partial charge is 0.320 e. The van der Waals surface area contributed by atoms with Crippen LogP contribution in [-0.2, 0) is 13.2 Å². The molecule has 3 N–H and O–H groups in total. The summed E-state index contributed by atoms with van der Waals surface area (Å²) < 4.78 is 12.1. The number of nitriles is 1. The van der Waals surface area contributed by atoms with Gasteiger partial charge in [0.2, 0.25) is 5.89 Å². The van der Waals surface area contributed by atoms with Crippen molar-refractivity contribution < 1.29 is 14.3 Å². The molecule has 1 aromatic heterocycles. The molecule has 0 fully saturated rings. The molecule has 0 bridgehead atoms. The van der Waals surface area contributed by atoms with Crippen molar-refractivity contribution in [1.82, 2.24) is 15.5 Å². The number of aliphatic hydroxyl groups excluding tert-OH is 1. The lowest BCUT2D eigenvalue weighted by molar-refractivity contribution is 0.291. The number of hydrogen-bond donors (Lipinski definition) is 3. The molecule has 0 aliphatic carbocycles. The van der Waals surface area contributed by atoms with E-state index in [0.29, 0.717) is 42.6 Å². The molecule has 5 rings (SSSR count). The molecule has 0 amide bonds. The van der Waals surface area contributed by atoms with Gasteiger partial charge in [0.15, 0.2) is 0 Å². The highest BCUT2D eigenvalue weighted by Gasteiger charge is 2.15. The molecule has 0 atom stereocenters. The van der Waals surface area contributed by atoms with Crippen LogP contribution in [0.3, 0.4) is 0 Å². The molecular formula is C32H29N5O3. The highest BCUT2D eigenvalue weighted by atomic mass is 16.5. The van der Waals surface area contributed by atoms with Crippen molar-refractivity contribution in [1.29, 1.82) is 5.26 Å². The Morgan fingerprint density at radius 1 is 0.900 bits per heavy atom. The number of hydrogen-bond acceptors (Lipinski definition) is 8. The summed E-state index contributed by atoms with van der Waals surface area (Å²) in [6.45, 7) is 3.42. The number of benzene rings is 4. The van der Waals surface area contributed by atoms with Crippen LogP contribution >= 0.6 is 0 Å². The maximum Gasteiger partial charge on any atom is 0.320 e. The number of rotatable bonds is 11. The zero-order valence-electron chi connectivity index (χ0n) is 22.1. The second-order valence-corrected chi connectivity index (χ2v) is 9.25. The summed E-state index contributed by atoms with van der Waals surface area (Å²) in [5.74, 6) is 1.06. The Balaban J connectivity index is 1.37. The number of ether oxygens (including phenoxy) is 1. The van der Waals surface area contributed by atoms with E-state index in [4.69, 9.17) is 14.3 Å². The van der Waals surface area contributed by atoms with Crippen LogP contribution in [0.25, 0.3) is 22.6 Å². The van der Waals surface area contributed by atoms with E-state index in [1.165, 1.54) is 0 Å². The highest BCUT2D eigenvalue weighted by molar-refractivity contribution is 5.75. The molecular weight excluding hydrogens is 502 g/mol. The van der Waals surface area contributed by atoms with Gasteiger partial charge in [-0.2, -0.15) is 5.26 Å². The van der Waals surface area contributed by atoms with Crippen LogP contribution in [0.5, 0.6) is 5.75 Å². The zero-order valence-corrected chi connectivity index (χ0v) is 22.1. The van der Waals surface area contributed by atoms with Crippen LogP contribution in [0.4, 0.5) is 11.7 Å². The van der Waals surface area contributed by atoms with Crippen LogP contribution in [0.1, 0.15) is 22.3 Å². The molecule has 5 aromatic rings. The standard InChI is InChI=1S/C32H29N5O3/c1-22-29(26-9-3-2-4-10-26)11-6-12-30(22)31-36-37-32(40-31)35-27-16-25(20-34-13-14-38)17-28(18-27)39-21-24-8-5-7-23(15-24)19-33/h2-12,15-18,34,38H,13-14,20-21H2,1H3,(H,35,37). The number of nitrogens with zero attached hydrogens (tertiary/aromatic N) is 3. The average Bonchev–Trinajstić information content (AvgIpc) is 3.45. The molecule has 0 aliphatic rings. The molecule has 0 unspecified atom stereocenters. The number of aliphatic hydroxyl groups is 1. The van der Waals surface area contributed by atoms with Gasteiger partial charge >= 0.3 is 6.01 Å². The molecule has 8 nitrogen and oxygen atoms in total. The molecule has 0 aliphatic heterocycles. The monoisotopic (exact) mass is 531 g/mol. The Bertz CT molecular complexity index is 1630. The maximum absolute atomic E-state index is 9.17. The molecule has 0 radical (unpaired) electrons. The fourth-order valence-corrected chi connectivity index (χ4v) is 4.43. The third kappa shape index (κ3) is 6.53. The Morgan fingerprint density at radius 3 is 2.55 bits per heavy atom. The Hall–Kier alpha value is -4.97. The summed E-state index contributed by atoms with van der Waals surface area (Å²) in [6, 6.07) is 31.7. The number of aromatic nitrogens is 2. The van der Waals surface area contributed by atoms with E-state index < -0.39 is 0 Å². The first kappa shape index (κ1) is 26.6. The largest absolute Gasteiger partial charge is 0.489 e. The summed E-state index contributed by atoms with van der Waals surface area (Å²) >= 11 is 0. The van der Waals surface area contributed by atoms with Gasteiger partial charge in [-0.15, -0.1) is 5.10 Å². The lowest BCUT2D eigenvalue weighted by atomic mass is 9.96. The second kappa shape index (κ2) is 12.7. The minimum atomic E-state index is 0.0478. The van der Waals surface area contributed by atoms with Gasteiger partial charge in [0, 0.05) is 30.4 Å². The predicted octanol–water partition coefficient (Wildman–Crippen LogP) is 5.99. The lowest BCUT2D eigenvalue weighted by Gasteiger charge is -2.12. The quantitative estimate of drug-likeness (QED) is 0.178. The Kier molecular flexibility index (Phi) is 8.47. The van der Waals surface area contributed by atoms with Crippen LogP contribution in [0.2, 0.25) is 0 Å². The van der Waals surface area contributed by atoms with E-state index >= 15 is 0 Å². The molecule has 1 heterocycles. The average molecular weight is 532 g/mol. The topological polar surface area (TPSA) is 116 Å². The first-order chi connectivity index (χ1) is 19.6. The zero-order chi connectivity index (χ0) is 27.7. The maximum atomic E-state index is 9.17. The van der Waals surface area contributed by atoms with Gasteiger partial charge in [0.1, 0.15) is 12.4 Å². The minimum Gasteiger partial charge on any atom is -0.489 e. The summed E-state index contributed by atoms with van der Waals surface area (Å²) in [6.07, 6.45) is 0. The third-order valence-electron chi connectivity index (χ3n) is 6.37. The molecule has 200 valence electrons. The molecule has 4 aromatic carbocycles. The Labute approximate surface area is 232 Å². The first-order valence-electron chi connectivity index (χ1n) is 13.0. The predicted molar refractivity (Wildman–Crippen MR) is 154 cm³/mol. The van der Waals surface area contributed by atoms with Gasteiger partial charge in [-0.3, -0.25) is 0 Å². The van der Waals surface area contributed by atoms with Crippen molar-refractivity contribution in [3.8, 4) is 34.4 Å². The van der Waals surface area contributed by atoms with E-state index in [0.717, 1.165) is 33.4 Å². The fourth-order valence-electron chi connectivity index (χ4n) is 4.43. The van der Waals surface area contributed by atoms with Crippen molar-refractivity contribution >= 4 is 11.7 Å². The van der Waals surface area contributed by atoms with Gasteiger partial charge in [-0.25, -0.2) is 0 Å². The molecule has 0 saturated carbocycles. The van der Waals surface area contributed by atoms with Crippen molar-refractivity contribution in [2.75, 3.05) is 18.5 Å². The van der Waals surface area contributed by atoms with Gasteiger partial charge < -0.3 is 24.9 Å². The van der Waals surface area contributed by atoms with E-state index in [-0.39, 0.29) is 12.6 Å². The summed E-state index contributed by atoms with van der Waals surface area (Å²) in [5.41, 5.74) is 7.30. The van der Waals surface area contributed by atoms with E-state index in [2.05, 4.69) is 45.1 Å². The van der Waals surface area contributed by atoms with Gasteiger partial charge in [-0.05, 0) is 65.1 Å². The minimum absolute atomic E-state index is 0.0478. The van der Waals surface area contributed by atoms with E-state index in [9.17, 15) is 5.26 Å². The van der Waals surface area contributed by atoms with E-state index in [1.54, 1.807) is 12.1 Å². The number of anilines is 2. The van der Waals surface area contributed by atoms with Gasteiger partial charge in [0.25, 0.3) is 0 Å². The van der Waals surface area contributed by atoms with Crippen LogP contribution in [-0.4, -0.2) is 28.5 Å². The summed E-state index contributed by atoms with van der Waals surface area (Å²) in [4.78, 5) is 0. The third-order valence-corrected chi connectivity index (χ3v) is 6.37. The SMILES string of the molecule is Cc1c(-c2ccccc2)cccc1-c1nnc(Nc2cc(CNCCO)cc(OCc3cccc(C#N)c3)c2)o1. The molecule has 0 saturated heterocycles. The summed E-state index contributed by atoms with van der Waals surface area (Å²) in [7, 11) is 0. The van der Waals surface area contributed by atoms with Crippen molar-refractivity contribution in [2.24, 2.45) is 0 Å². The molecule has 0 spiro atoms. The van der Waals surface area contributed by atoms with Gasteiger partial charge in [0.05, 0.1) is 18.2 Å².